The van der Waals surface area contributed by atoms with Crippen LogP contribution in [0.25, 0.3) is 0 Å². The summed E-state index contributed by atoms with van der Waals surface area (Å²) < 4.78 is 14.9. The van der Waals surface area contributed by atoms with Crippen LogP contribution in [0.15, 0.2) is 22.7 Å². The lowest BCUT2D eigenvalue weighted by Gasteiger charge is -2.42. The van der Waals surface area contributed by atoms with Crippen molar-refractivity contribution in [3.05, 3.63) is 34.1 Å². The Morgan fingerprint density at radius 3 is 2.60 bits per heavy atom. The molecule has 2 nitrogen and oxygen atoms in total. The molecule has 1 aliphatic heterocycles. The standard InChI is InChI=1S/C16H24BrFN2/c1-16(2,20-8-4-5-9-20)15(19-3)11-12-10-13(17)6-7-14(12)18/h6-7,10,15,19H,4-5,8-9,11H2,1-3H3. The van der Waals surface area contributed by atoms with E-state index in [1.807, 2.05) is 13.1 Å². The molecule has 1 aliphatic rings. The third kappa shape index (κ3) is 3.41. The number of likely N-dealkylation sites (N-methyl/N-ethyl adjacent to an activating group) is 1. The summed E-state index contributed by atoms with van der Waals surface area (Å²) in [5, 5.41) is 3.39. The summed E-state index contributed by atoms with van der Waals surface area (Å²) >= 11 is 3.43. The molecule has 0 saturated carbocycles. The lowest BCUT2D eigenvalue weighted by Crippen LogP contribution is -2.57. The summed E-state index contributed by atoms with van der Waals surface area (Å²) in [4.78, 5) is 2.52. The van der Waals surface area contributed by atoms with Crippen molar-refractivity contribution in [2.45, 2.75) is 44.7 Å². The lowest BCUT2D eigenvalue weighted by molar-refractivity contribution is 0.110. The zero-order valence-electron chi connectivity index (χ0n) is 12.5. The van der Waals surface area contributed by atoms with Gasteiger partial charge in [0.25, 0.3) is 0 Å². The van der Waals surface area contributed by atoms with Gasteiger partial charge in [0, 0.05) is 16.1 Å². The van der Waals surface area contributed by atoms with E-state index in [0.29, 0.717) is 6.42 Å². The Bertz CT molecular complexity index is 456. The van der Waals surface area contributed by atoms with Gasteiger partial charge in [-0.15, -0.1) is 0 Å². The molecule has 1 saturated heterocycles. The second-order valence-corrected chi connectivity index (χ2v) is 7.04. The molecule has 0 aromatic heterocycles. The Morgan fingerprint density at radius 2 is 2.00 bits per heavy atom. The van der Waals surface area contributed by atoms with E-state index >= 15 is 0 Å². The van der Waals surface area contributed by atoms with E-state index in [9.17, 15) is 4.39 Å². The van der Waals surface area contributed by atoms with Crippen molar-refractivity contribution in [3.8, 4) is 0 Å². The van der Waals surface area contributed by atoms with E-state index in [2.05, 4.69) is 40.0 Å². The van der Waals surface area contributed by atoms with Crippen LogP contribution in [0, 0.1) is 5.82 Å². The monoisotopic (exact) mass is 342 g/mol. The number of rotatable bonds is 5. The highest BCUT2D eigenvalue weighted by atomic mass is 79.9. The highest BCUT2D eigenvalue weighted by Crippen LogP contribution is 2.27. The minimum atomic E-state index is -0.120. The predicted molar refractivity (Wildman–Crippen MR) is 85.5 cm³/mol. The van der Waals surface area contributed by atoms with Gasteiger partial charge in [-0.05, 0) is 77.0 Å². The third-order valence-electron chi connectivity index (χ3n) is 4.55. The second-order valence-electron chi connectivity index (χ2n) is 6.13. The van der Waals surface area contributed by atoms with Gasteiger partial charge in [-0.3, -0.25) is 4.90 Å². The van der Waals surface area contributed by atoms with Crippen LogP contribution in [0.3, 0.4) is 0 Å². The summed E-state index contributed by atoms with van der Waals surface area (Å²) in [5.41, 5.74) is 0.797. The molecule has 1 heterocycles. The Kier molecular flexibility index (Phi) is 5.21. The van der Waals surface area contributed by atoms with Gasteiger partial charge in [0.15, 0.2) is 0 Å². The topological polar surface area (TPSA) is 15.3 Å². The fourth-order valence-corrected chi connectivity index (χ4v) is 3.55. The average Bonchev–Trinajstić information content (AvgIpc) is 2.94. The van der Waals surface area contributed by atoms with Crippen LogP contribution in [-0.4, -0.2) is 36.6 Å². The van der Waals surface area contributed by atoms with Crippen LogP contribution < -0.4 is 5.32 Å². The Hall–Kier alpha value is -0.450. The molecule has 1 unspecified atom stereocenters. The molecule has 1 N–H and O–H groups in total. The SMILES string of the molecule is CNC(Cc1cc(Br)ccc1F)C(C)(C)N1CCCC1. The second kappa shape index (κ2) is 6.54. The molecular formula is C16H24BrFN2. The number of hydrogen-bond donors (Lipinski definition) is 1. The molecule has 1 aromatic rings. The van der Waals surface area contributed by atoms with E-state index in [4.69, 9.17) is 0 Å². The minimum Gasteiger partial charge on any atom is -0.315 e. The van der Waals surface area contributed by atoms with Crippen molar-refractivity contribution in [3.63, 3.8) is 0 Å². The van der Waals surface area contributed by atoms with Gasteiger partial charge in [0.05, 0.1) is 0 Å². The van der Waals surface area contributed by atoms with Gasteiger partial charge in [0.1, 0.15) is 5.82 Å². The highest BCUT2D eigenvalue weighted by Gasteiger charge is 2.36. The van der Waals surface area contributed by atoms with E-state index in [1.165, 1.54) is 18.9 Å². The molecule has 0 spiro atoms. The van der Waals surface area contributed by atoms with Crippen LogP contribution in [0.4, 0.5) is 4.39 Å². The number of benzene rings is 1. The van der Waals surface area contributed by atoms with E-state index in [-0.39, 0.29) is 17.4 Å². The van der Waals surface area contributed by atoms with Crippen molar-refractivity contribution in [1.29, 1.82) is 0 Å². The fourth-order valence-electron chi connectivity index (χ4n) is 3.14. The molecule has 0 radical (unpaired) electrons. The van der Waals surface area contributed by atoms with Crippen molar-refractivity contribution < 1.29 is 4.39 Å². The Morgan fingerprint density at radius 1 is 1.35 bits per heavy atom. The first-order valence-electron chi connectivity index (χ1n) is 7.31. The molecule has 0 aliphatic carbocycles. The minimum absolute atomic E-state index is 0.0278. The summed E-state index contributed by atoms with van der Waals surface area (Å²) in [6.07, 6.45) is 3.24. The zero-order chi connectivity index (χ0) is 14.8. The normalized spacial score (nSPS) is 18.4. The summed E-state index contributed by atoms with van der Waals surface area (Å²) in [6, 6.07) is 5.40. The zero-order valence-corrected chi connectivity index (χ0v) is 14.1. The van der Waals surface area contributed by atoms with Gasteiger partial charge in [-0.2, -0.15) is 0 Å². The molecule has 112 valence electrons. The molecule has 1 fully saturated rings. The summed E-state index contributed by atoms with van der Waals surface area (Å²) in [6.45, 7) is 6.81. The lowest BCUT2D eigenvalue weighted by atomic mass is 9.87. The molecule has 2 rings (SSSR count). The number of likely N-dealkylation sites (tertiary alicyclic amines) is 1. The van der Waals surface area contributed by atoms with E-state index in [1.54, 1.807) is 6.07 Å². The maximum atomic E-state index is 14.0. The Labute approximate surface area is 129 Å². The molecular weight excluding hydrogens is 319 g/mol. The quantitative estimate of drug-likeness (QED) is 0.879. The summed E-state index contributed by atoms with van der Waals surface area (Å²) in [7, 11) is 1.97. The first-order chi connectivity index (χ1) is 9.45. The smallest absolute Gasteiger partial charge is 0.126 e. The van der Waals surface area contributed by atoms with Crippen molar-refractivity contribution >= 4 is 15.9 Å². The van der Waals surface area contributed by atoms with Crippen LogP contribution in [0.1, 0.15) is 32.3 Å². The van der Waals surface area contributed by atoms with Crippen LogP contribution >= 0.6 is 15.9 Å². The number of nitrogens with one attached hydrogen (secondary N) is 1. The molecule has 1 aromatic carbocycles. The first-order valence-corrected chi connectivity index (χ1v) is 8.10. The van der Waals surface area contributed by atoms with Crippen LogP contribution in [0.2, 0.25) is 0 Å². The predicted octanol–water partition coefficient (Wildman–Crippen LogP) is 3.59. The van der Waals surface area contributed by atoms with Gasteiger partial charge in [0.2, 0.25) is 0 Å². The van der Waals surface area contributed by atoms with Gasteiger partial charge in [-0.1, -0.05) is 15.9 Å². The van der Waals surface area contributed by atoms with Gasteiger partial charge >= 0.3 is 0 Å². The van der Waals surface area contributed by atoms with Crippen LogP contribution in [-0.2, 0) is 6.42 Å². The number of nitrogens with zero attached hydrogens (tertiary/aromatic N) is 1. The fraction of sp³-hybridized carbons (Fsp3) is 0.625. The van der Waals surface area contributed by atoms with Crippen LogP contribution in [0.5, 0.6) is 0 Å². The maximum absolute atomic E-state index is 14.0. The third-order valence-corrected chi connectivity index (χ3v) is 5.05. The number of halogens is 2. The number of hydrogen-bond acceptors (Lipinski definition) is 2. The molecule has 4 heteroatoms. The van der Waals surface area contributed by atoms with Crippen molar-refractivity contribution in [2.24, 2.45) is 0 Å². The summed E-state index contributed by atoms with van der Waals surface area (Å²) in [5.74, 6) is -0.120. The first kappa shape index (κ1) is 15.9. The molecule has 0 amide bonds. The van der Waals surface area contributed by atoms with Gasteiger partial charge in [-0.25, -0.2) is 4.39 Å². The molecule has 0 bridgehead atoms. The molecule has 1 atom stereocenters. The van der Waals surface area contributed by atoms with Gasteiger partial charge < -0.3 is 5.32 Å². The average molecular weight is 343 g/mol. The van der Waals surface area contributed by atoms with Crippen molar-refractivity contribution in [2.75, 3.05) is 20.1 Å². The maximum Gasteiger partial charge on any atom is 0.126 e. The van der Waals surface area contributed by atoms with E-state index < -0.39 is 0 Å². The Balaban J connectivity index is 2.17. The van der Waals surface area contributed by atoms with E-state index in [0.717, 1.165) is 23.1 Å². The molecule has 20 heavy (non-hydrogen) atoms. The highest BCUT2D eigenvalue weighted by molar-refractivity contribution is 9.10. The van der Waals surface area contributed by atoms with Crippen molar-refractivity contribution in [1.82, 2.24) is 10.2 Å². The largest absolute Gasteiger partial charge is 0.315 e.